The Labute approximate surface area is 80.2 Å². The summed E-state index contributed by atoms with van der Waals surface area (Å²) >= 11 is 0. The Hall–Kier alpha value is -0.340. The number of fused-ring (bicyclic) bond motifs is 2. The maximum atomic E-state index is 9.32. The molecule has 0 unspecified atom stereocenters. The van der Waals surface area contributed by atoms with Gasteiger partial charge in [0.15, 0.2) is 0 Å². The van der Waals surface area contributed by atoms with Gasteiger partial charge in [0.2, 0.25) is 0 Å². The lowest BCUT2D eigenvalue weighted by Crippen LogP contribution is -2.32. The molecule has 1 fully saturated rings. The van der Waals surface area contributed by atoms with E-state index in [9.17, 15) is 5.11 Å². The van der Waals surface area contributed by atoms with Gasteiger partial charge in [0.1, 0.15) is 0 Å². The number of hydrogen-bond donors (Lipinski definition) is 1. The van der Waals surface area contributed by atoms with Gasteiger partial charge in [-0.3, -0.25) is 0 Å². The molecule has 0 aliphatic heterocycles. The highest BCUT2D eigenvalue weighted by molar-refractivity contribution is 5.13. The lowest BCUT2D eigenvalue weighted by molar-refractivity contribution is 0.143. The smallest absolute Gasteiger partial charge is 0.0468 e. The molecule has 0 radical (unpaired) electrons. The Morgan fingerprint density at radius 1 is 1.23 bits per heavy atom. The van der Waals surface area contributed by atoms with Gasteiger partial charge in [-0.1, -0.05) is 12.2 Å². The number of aliphatic hydroxyl groups excluding tert-OH is 1. The third-order valence-electron chi connectivity index (χ3n) is 3.59. The van der Waals surface area contributed by atoms with Crippen LogP contribution in [0.4, 0.5) is 0 Å². The zero-order valence-corrected chi connectivity index (χ0v) is 8.48. The maximum Gasteiger partial charge on any atom is 0.0468 e. The molecule has 2 nitrogen and oxygen atoms in total. The van der Waals surface area contributed by atoms with Crippen molar-refractivity contribution in [1.82, 2.24) is 4.90 Å². The first-order chi connectivity index (χ1) is 6.22. The number of aliphatic hydroxyl groups is 1. The molecule has 74 valence electrons. The highest BCUT2D eigenvalue weighted by atomic mass is 16.3. The van der Waals surface area contributed by atoms with Crippen LogP contribution in [0.15, 0.2) is 12.2 Å². The van der Waals surface area contributed by atoms with Crippen LogP contribution in [0.25, 0.3) is 0 Å². The summed E-state index contributed by atoms with van der Waals surface area (Å²) in [6, 6.07) is 0. The van der Waals surface area contributed by atoms with Crippen molar-refractivity contribution in [3.05, 3.63) is 12.2 Å². The average molecular weight is 181 g/mol. The molecule has 1 N–H and O–H groups in total. The molecule has 1 saturated carbocycles. The fourth-order valence-electron chi connectivity index (χ4n) is 2.99. The van der Waals surface area contributed by atoms with E-state index in [2.05, 4.69) is 31.1 Å². The summed E-state index contributed by atoms with van der Waals surface area (Å²) in [5, 5.41) is 9.32. The van der Waals surface area contributed by atoms with Crippen LogP contribution >= 0.6 is 0 Å². The first-order valence-electron chi connectivity index (χ1n) is 5.16. The molecule has 2 heteroatoms. The topological polar surface area (TPSA) is 23.5 Å². The van der Waals surface area contributed by atoms with E-state index in [0.29, 0.717) is 24.4 Å². The second-order valence-corrected chi connectivity index (χ2v) is 4.72. The van der Waals surface area contributed by atoms with Crippen molar-refractivity contribution in [2.75, 3.05) is 27.2 Å². The van der Waals surface area contributed by atoms with Gasteiger partial charge in [0.05, 0.1) is 0 Å². The first kappa shape index (κ1) is 9.22. The molecule has 0 aromatic heterocycles. The normalized spacial score (nSPS) is 42.2. The quantitative estimate of drug-likeness (QED) is 0.656. The molecule has 0 aromatic rings. The van der Waals surface area contributed by atoms with Gasteiger partial charge in [0, 0.05) is 13.2 Å². The van der Waals surface area contributed by atoms with Crippen LogP contribution in [0, 0.1) is 23.7 Å². The van der Waals surface area contributed by atoms with Crippen LogP contribution in [0.5, 0.6) is 0 Å². The molecule has 4 atom stereocenters. The zero-order chi connectivity index (χ0) is 9.42. The summed E-state index contributed by atoms with van der Waals surface area (Å²) in [7, 11) is 4.23. The Kier molecular flexibility index (Phi) is 2.43. The SMILES string of the molecule is CN(C)C[C@@H]1[C@H](CO)[C@H]2C=C[C@@H]1C2. The van der Waals surface area contributed by atoms with Gasteiger partial charge in [-0.25, -0.2) is 0 Å². The van der Waals surface area contributed by atoms with Crippen molar-refractivity contribution in [1.29, 1.82) is 0 Å². The van der Waals surface area contributed by atoms with E-state index in [-0.39, 0.29) is 0 Å². The van der Waals surface area contributed by atoms with Gasteiger partial charge in [0.25, 0.3) is 0 Å². The molecule has 0 amide bonds. The van der Waals surface area contributed by atoms with Gasteiger partial charge < -0.3 is 10.0 Å². The fourth-order valence-corrected chi connectivity index (χ4v) is 2.99. The highest BCUT2D eigenvalue weighted by Crippen LogP contribution is 2.47. The van der Waals surface area contributed by atoms with Crippen molar-refractivity contribution < 1.29 is 5.11 Å². The molecule has 13 heavy (non-hydrogen) atoms. The van der Waals surface area contributed by atoms with Gasteiger partial charge in [-0.2, -0.15) is 0 Å². The van der Waals surface area contributed by atoms with Crippen LogP contribution in [0.1, 0.15) is 6.42 Å². The fraction of sp³-hybridized carbons (Fsp3) is 0.818. The van der Waals surface area contributed by atoms with Crippen LogP contribution in [-0.4, -0.2) is 37.3 Å². The molecular formula is C11H19NO. The molecule has 0 spiro atoms. The lowest BCUT2D eigenvalue weighted by Gasteiger charge is -2.28. The molecule has 2 rings (SSSR count). The second kappa shape index (κ2) is 3.43. The second-order valence-electron chi connectivity index (χ2n) is 4.72. The summed E-state index contributed by atoms with van der Waals surface area (Å²) in [6.45, 7) is 1.49. The first-order valence-corrected chi connectivity index (χ1v) is 5.16. The van der Waals surface area contributed by atoms with Gasteiger partial charge in [-0.05, 0) is 44.2 Å². The molecule has 2 bridgehead atoms. The van der Waals surface area contributed by atoms with Crippen molar-refractivity contribution >= 4 is 0 Å². The van der Waals surface area contributed by atoms with E-state index in [1.165, 1.54) is 6.42 Å². The Balaban J connectivity index is 2.05. The number of hydrogen-bond acceptors (Lipinski definition) is 2. The summed E-state index contributed by atoms with van der Waals surface area (Å²) in [6.07, 6.45) is 5.94. The summed E-state index contributed by atoms with van der Waals surface area (Å²) in [5.41, 5.74) is 0. The van der Waals surface area contributed by atoms with E-state index >= 15 is 0 Å². The number of nitrogens with zero attached hydrogens (tertiary/aromatic N) is 1. The third-order valence-corrected chi connectivity index (χ3v) is 3.59. The predicted octanol–water partition coefficient (Wildman–Crippen LogP) is 0.979. The maximum absolute atomic E-state index is 9.32. The van der Waals surface area contributed by atoms with Crippen molar-refractivity contribution in [3.63, 3.8) is 0 Å². The van der Waals surface area contributed by atoms with Crippen LogP contribution < -0.4 is 0 Å². The summed E-state index contributed by atoms with van der Waals surface area (Å²) in [4.78, 5) is 2.24. The Bertz CT molecular complexity index is 212. The van der Waals surface area contributed by atoms with E-state index in [4.69, 9.17) is 0 Å². The van der Waals surface area contributed by atoms with E-state index in [1.54, 1.807) is 0 Å². The monoisotopic (exact) mass is 181 g/mol. The largest absolute Gasteiger partial charge is 0.396 e. The minimum Gasteiger partial charge on any atom is -0.396 e. The van der Waals surface area contributed by atoms with Crippen molar-refractivity contribution in [2.24, 2.45) is 23.7 Å². The third kappa shape index (κ3) is 1.53. The lowest BCUT2D eigenvalue weighted by atomic mass is 9.83. The van der Waals surface area contributed by atoms with Gasteiger partial charge in [-0.15, -0.1) is 0 Å². The van der Waals surface area contributed by atoms with Gasteiger partial charge >= 0.3 is 0 Å². The zero-order valence-electron chi connectivity index (χ0n) is 8.48. The highest BCUT2D eigenvalue weighted by Gasteiger charge is 2.43. The molecular weight excluding hydrogens is 162 g/mol. The molecule has 0 saturated heterocycles. The Morgan fingerprint density at radius 3 is 2.38 bits per heavy atom. The molecule has 2 aliphatic carbocycles. The van der Waals surface area contributed by atoms with Crippen LogP contribution in [0.2, 0.25) is 0 Å². The number of allylic oxidation sites excluding steroid dienone is 2. The van der Waals surface area contributed by atoms with Crippen molar-refractivity contribution in [2.45, 2.75) is 6.42 Å². The standard InChI is InChI=1S/C11H19NO/c1-12(2)6-10-8-3-4-9(5-8)11(10)7-13/h3-4,8-11,13H,5-7H2,1-2H3/t8-,9+,10+,11-/m1/s1. The summed E-state index contributed by atoms with van der Waals surface area (Å²) < 4.78 is 0. The van der Waals surface area contributed by atoms with E-state index in [1.807, 2.05) is 0 Å². The van der Waals surface area contributed by atoms with Crippen molar-refractivity contribution in [3.8, 4) is 0 Å². The van der Waals surface area contributed by atoms with E-state index < -0.39 is 0 Å². The molecule has 0 aromatic carbocycles. The summed E-state index contributed by atoms with van der Waals surface area (Å²) in [5.74, 6) is 2.62. The van der Waals surface area contributed by atoms with E-state index in [0.717, 1.165) is 12.5 Å². The van der Waals surface area contributed by atoms with Crippen LogP contribution in [0.3, 0.4) is 0 Å². The average Bonchev–Trinajstić information content (AvgIpc) is 2.62. The van der Waals surface area contributed by atoms with Crippen LogP contribution in [-0.2, 0) is 0 Å². The minimum atomic E-state index is 0.365. The predicted molar refractivity (Wildman–Crippen MR) is 53.4 cm³/mol. The molecule has 2 aliphatic rings. The number of rotatable bonds is 3. The minimum absolute atomic E-state index is 0.365. The Morgan fingerprint density at radius 2 is 1.85 bits per heavy atom. The molecule has 0 heterocycles.